The standard InChI is InChI=1S/C15H15NO6S/c1-21-13-8-7-10(9-14(13)22-2)23(19,20)16-12-6-4-3-5-11(12)15(17)18/h3-9,16H,1-2H3,(H,17,18)/p-1. The predicted octanol–water partition coefficient (Wildman–Crippen LogP) is 0.868. The van der Waals surface area contributed by atoms with Crippen molar-refractivity contribution in [3.8, 4) is 11.5 Å². The lowest BCUT2D eigenvalue weighted by atomic mass is 10.2. The van der Waals surface area contributed by atoms with Crippen LogP contribution in [0.3, 0.4) is 0 Å². The van der Waals surface area contributed by atoms with E-state index in [1.54, 1.807) is 0 Å². The topological polar surface area (TPSA) is 105 Å². The van der Waals surface area contributed by atoms with Crippen molar-refractivity contribution in [3.63, 3.8) is 0 Å². The first kappa shape index (κ1) is 16.6. The summed E-state index contributed by atoms with van der Waals surface area (Å²) in [4.78, 5) is 11.0. The van der Waals surface area contributed by atoms with Gasteiger partial charge in [0.05, 0.1) is 30.8 Å². The van der Waals surface area contributed by atoms with E-state index in [1.165, 1.54) is 56.7 Å². The van der Waals surface area contributed by atoms with E-state index in [2.05, 4.69) is 4.72 Å². The third-order valence-corrected chi connectivity index (χ3v) is 4.42. The first-order valence-corrected chi connectivity index (χ1v) is 7.92. The number of benzene rings is 2. The lowest BCUT2D eigenvalue weighted by Gasteiger charge is -2.14. The van der Waals surface area contributed by atoms with Gasteiger partial charge in [0.1, 0.15) is 0 Å². The molecule has 1 N–H and O–H groups in total. The number of carbonyl (C=O) groups is 1. The van der Waals surface area contributed by atoms with Crippen LogP contribution in [-0.4, -0.2) is 28.6 Å². The monoisotopic (exact) mass is 336 g/mol. The van der Waals surface area contributed by atoms with Crippen molar-refractivity contribution in [1.29, 1.82) is 0 Å². The normalized spacial score (nSPS) is 10.9. The molecule has 0 spiro atoms. The number of carboxylic acid groups (broad SMARTS) is 1. The fourth-order valence-corrected chi connectivity index (χ4v) is 3.03. The van der Waals surface area contributed by atoms with E-state index >= 15 is 0 Å². The minimum atomic E-state index is -4.00. The molecule has 0 radical (unpaired) electrons. The summed E-state index contributed by atoms with van der Waals surface area (Å²) in [6, 6.07) is 9.62. The Labute approximate surface area is 133 Å². The van der Waals surface area contributed by atoms with Crippen LogP contribution in [-0.2, 0) is 10.0 Å². The molecule has 0 unspecified atom stereocenters. The number of para-hydroxylation sites is 1. The maximum Gasteiger partial charge on any atom is 0.262 e. The summed E-state index contributed by atoms with van der Waals surface area (Å²) in [6.45, 7) is 0. The lowest BCUT2D eigenvalue weighted by molar-refractivity contribution is -0.254. The number of aromatic carboxylic acids is 1. The van der Waals surface area contributed by atoms with E-state index in [4.69, 9.17) is 9.47 Å². The maximum atomic E-state index is 12.4. The number of anilines is 1. The maximum absolute atomic E-state index is 12.4. The Morgan fingerprint density at radius 3 is 2.30 bits per heavy atom. The highest BCUT2D eigenvalue weighted by Gasteiger charge is 2.18. The van der Waals surface area contributed by atoms with E-state index in [1.807, 2.05) is 0 Å². The average molecular weight is 336 g/mol. The molecule has 0 atom stereocenters. The number of sulfonamides is 1. The SMILES string of the molecule is COc1ccc(S(=O)(=O)Nc2ccccc2C(=O)[O-])cc1OC. The summed E-state index contributed by atoms with van der Waals surface area (Å²) in [5.74, 6) is -0.860. The molecule has 0 heterocycles. The minimum Gasteiger partial charge on any atom is -0.545 e. The first-order chi connectivity index (χ1) is 10.9. The predicted molar refractivity (Wildman–Crippen MR) is 81.1 cm³/mol. The molecule has 0 aliphatic rings. The van der Waals surface area contributed by atoms with Crippen LogP contribution < -0.4 is 19.3 Å². The number of nitrogens with one attached hydrogen (secondary N) is 1. The molecule has 0 bridgehead atoms. The third-order valence-electron chi connectivity index (χ3n) is 3.06. The molecule has 122 valence electrons. The fraction of sp³-hybridized carbons (Fsp3) is 0.133. The number of carboxylic acids is 1. The zero-order valence-corrected chi connectivity index (χ0v) is 13.2. The fourth-order valence-electron chi connectivity index (χ4n) is 1.94. The molecule has 23 heavy (non-hydrogen) atoms. The molecule has 2 aromatic rings. The molecule has 0 amide bonds. The molecule has 0 saturated carbocycles. The van der Waals surface area contributed by atoms with Gasteiger partial charge in [0, 0.05) is 11.6 Å². The van der Waals surface area contributed by atoms with Crippen molar-refractivity contribution in [2.45, 2.75) is 4.90 Å². The number of ether oxygens (including phenoxy) is 2. The van der Waals surface area contributed by atoms with Gasteiger partial charge in [-0.2, -0.15) is 0 Å². The van der Waals surface area contributed by atoms with E-state index in [-0.39, 0.29) is 21.9 Å². The van der Waals surface area contributed by atoms with Gasteiger partial charge in [0.2, 0.25) is 0 Å². The number of carbonyl (C=O) groups excluding carboxylic acids is 1. The Morgan fingerprint density at radius 1 is 1.04 bits per heavy atom. The Hall–Kier alpha value is -2.74. The Bertz CT molecular complexity index is 832. The summed E-state index contributed by atoms with van der Waals surface area (Å²) in [6.07, 6.45) is 0. The third kappa shape index (κ3) is 3.54. The van der Waals surface area contributed by atoms with Gasteiger partial charge in [0.25, 0.3) is 10.0 Å². The molecule has 0 aliphatic carbocycles. The van der Waals surface area contributed by atoms with E-state index in [0.717, 1.165) is 0 Å². The lowest BCUT2D eigenvalue weighted by Crippen LogP contribution is -2.24. The van der Waals surface area contributed by atoms with Crippen LogP contribution >= 0.6 is 0 Å². The first-order valence-electron chi connectivity index (χ1n) is 6.44. The highest BCUT2D eigenvalue weighted by Crippen LogP contribution is 2.30. The van der Waals surface area contributed by atoms with Gasteiger partial charge in [-0.25, -0.2) is 8.42 Å². The molecule has 7 nitrogen and oxygen atoms in total. The summed E-state index contributed by atoms with van der Waals surface area (Å²) in [5, 5.41) is 11.0. The van der Waals surface area contributed by atoms with Gasteiger partial charge in [-0.3, -0.25) is 4.72 Å². The van der Waals surface area contributed by atoms with Crippen molar-refractivity contribution in [3.05, 3.63) is 48.0 Å². The number of hydrogen-bond acceptors (Lipinski definition) is 6. The molecule has 0 aliphatic heterocycles. The van der Waals surface area contributed by atoms with Crippen LogP contribution in [0.2, 0.25) is 0 Å². The number of hydrogen-bond donors (Lipinski definition) is 1. The Morgan fingerprint density at radius 2 is 1.70 bits per heavy atom. The smallest absolute Gasteiger partial charge is 0.262 e. The zero-order chi connectivity index (χ0) is 17.0. The minimum absolute atomic E-state index is 0.0812. The molecule has 2 aromatic carbocycles. The Kier molecular flexibility index (Phi) is 4.75. The van der Waals surface area contributed by atoms with Crippen LogP contribution in [0.25, 0.3) is 0 Å². The van der Waals surface area contributed by atoms with Crippen molar-refractivity contribution >= 4 is 21.7 Å². The van der Waals surface area contributed by atoms with E-state index in [9.17, 15) is 18.3 Å². The molecule has 8 heteroatoms. The van der Waals surface area contributed by atoms with Gasteiger partial charge in [-0.15, -0.1) is 0 Å². The molecule has 2 rings (SSSR count). The molecule has 0 aromatic heterocycles. The van der Waals surface area contributed by atoms with Crippen molar-refractivity contribution < 1.29 is 27.8 Å². The quantitative estimate of drug-likeness (QED) is 0.839. The second kappa shape index (κ2) is 6.57. The molecule has 0 fully saturated rings. The number of methoxy groups -OCH3 is 2. The van der Waals surface area contributed by atoms with Crippen LogP contribution in [0.5, 0.6) is 11.5 Å². The van der Waals surface area contributed by atoms with Gasteiger partial charge in [-0.1, -0.05) is 18.2 Å². The van der Waals surface area contributed by atoms with Gasteiger partial charge in [0.15, 0.2) is 11.5 Å². The highest BCUT2D eigenvalue weighted by molar-refractivity contribution is 7.92. The van der Waals surface area contributed by atoms with Crippen molar-refractivity contribution in [2.24, 2.45) is 0 Å². The molecular weight excluding hydrogens is 322 g/mol. The largest absolute Gasteiger partial charge is 0.545 e. The van der Waals surface area contributed by atoms with Gasteiger partial charge in [-0.05, 0) is 18.2 Å². The van der Waals surface area contributed by atoms with E-state index < -0.39 is 16.0 Å². The highest BCUT2D eigenvalue weighted by atomic mass is 32.2. The second-order valence-corrected chi connectivity index (χ2v) is 6.14. The van der Waals surface area contributed by atoms with Crippen LogP contribution in [0.1, 0.15) is 10.4 Å². The summed E-state index contributed by atoms with van der Waals surface area (Å²) in [5.41, 5.74) is -0.334. The summed E-state index contributed by atoms with van der Waals surface area (Å²) >= 11 is 0. The molecule has 0 saturated heterocycles. The van der Waals surface area contributed by atoms with Crippen LogP contribution in [0.4, 0.5) is 5.69 Å². The van der Waals surface area contributed by atoms with Gasteiger partial charge < -0.3 is 19.4 Å². The zero-order valence-electron chi connectivity index (χ0n) is 12.4. The van der Waals surface area contributed by atoms with Crippen molar-refractivity contribution in [1.82, 2.24) is 0 Å². The summed E-state index contributed by atoms with van der Waals surface area (Å²) in [7, 11) is -1.19. The van der Waals surface area contributed by atoms with Gasteiger partial charge >= 0.3 is 0 Å². The molecular formula is C15H14NO6S-. The second-order valence-electron chi connectivity index (χ2n) is 4.46. The van der Waals surface area contributed by atoms with Crippen molar-refractivity contribution in [2.75, 3.05) is 18.9 Å². The number of rotatable bonds is 6. The summed E-state index contributed by atoms with van der Waals surface area (Å²) < 4.78 is 37.2. The average Bonchev–Trinajstić information content (AvgIpc) is 2.54. The van der Waals surface area contributed by atoms with E-state index in [0.29, 0.717) is 5.75 Å². The Balaban J connectivity index is 2.42. The van der Waals surface area contributed by atoms with Crippen LogP contribution in [0, 0.1) is 0 Å². The van der Waals surface area contributed by atoms with Crippen LogP contribution in [0.15, 0.2) is 47.4 Å².